The summed E-state index contributed by atoms with van der Waals surface area (Å²) in [5.41, 5.74) is 5.75. The molecule has 1 aliphatic heterocycles. The van der Waals surface area contributed by atoms with Crippen LogP contribution in [0.1, 0.15) is 43.5 Å². The maximum Gasteiger partial charge on any atom is 0.0607 e. The van der Waals surface area contributed by atoms with E-state index in [1.807, 2.05) is 11.8 Å². The van der Waals surface area contributed by atoms with Gasteiger partial charge < -0.3 is 5.32 Å². The van der Waals surface area contributed by atoms with E-state index in [2.05, 4.69) is 74.6 Å². The smallest absolute Gasteiger partial charge is 0.0607 e. The first-order valence-corrected chi connectivity index (χ1v) is 8.73. The van der Waals surface area contributed by atoms with Gasteiger partial charge in [0.25, 0.3) is 0 Å². The molecule has 21 heavy (non-hydrogen) atoms. The van der Waals surface area contributed by atoms with Crippen LogP contribution in [0.5, 0.6) is 0 Å². The average molecular weight is 297 g/mol. The minimum atomic E-state index is 0.158. The number of fused-ring (bicyclic) bond motifs is 1. The predicted octanol–water partition coefficient (Wildman–Crippen LogP) is 5.38. The quantitative estimate of drug-likeness (QED) is 0.798. The summed E-state index contributed by atoms with van der Waals surface area (Å²) in [7, 11) is 0. The molecule has 3 rings (SSSR count). The average Bonchev–Trinajstić information content (AvgIpc) is 2.47. The van der Waals surface area contributed by atoms with E-state index in [1.54, 1.807) is 0 Å². The first kappa shape index (κ1) is 14.5. The molecule has 1 nitrogen and oxygen atoms in total. The van der Waals surface area contributed by atoms with Crippen molar-refractivity contribution in [1.82, 2.24) is 0 Å². The summed E-state index contributed by atoms with van der Waals surface area (Å²) in [5, 5.41) is 3.79. The van der Waals surface area contributed by atoms with Gasteiger partial charge in [-0.15, -0.1) is 0 Å². The zero-order valence-electron chi connectivity index (χ0n) is 13.0. The highest BCUT2D eigenvalue weighted by Gasteiger charge is 2.23. The molecule has 1 N–H and O–H groups in total. The van der Waals surface area contributed by atoms with Crippen LogP contribution in [-0.2, 0) is 11.2 Å². The molecular formula is C19H23NS. The van der Waals surface area contributed by atoms with Crippen LogP contribution >= 0.6 is 11.8 Å². The van der Waals surface area contributed by atoms with Crippen molar-refractivity contribution in [2.75, 3.05) is 11.1 Å². The maximum absolute atomic E-state index is 3.79. The van der Waals surface area contributed by atoms with Crippen molar-refractivity contribution in [3.8, 4) is 0 Å². The second-order valence-electron chi connectivity index (χ2n) is 6.71. The summed E-state index contributed by atoms with van der Waals surface area (Å²) >= 11 is 2.02. The molecule has 0 aromatic heterocycles. The van der Waals surface area contributed by atoms with Gasteiger partial charge in [-0.05, 0) is 28.2 Å². The van der Waals surface area contributed by atoms with Crippen molar-refractivity contribution in [2.24, 2.45) is 0 Å². The lowest BCUT2D eigenvalue weighted by molar-refractivity contribution is 0.590. The number of para-hydroxylation sites is 1. The normalized spacial score (nSPS) is 18.1. The lowest BCUT2D eigenvalue weighted by Crippen LogP contribution is -2.21. The van der Waals surface area contributed by atoms with Crippen molar-refractivity contribution in [1.29, 1.82) is 0 Å². The highest BCUT2D eigenvalue weighted by atomic mass is 32.2. The molecule has 0 bridgehead atoms. The maximum atomic E-state index is 3.79. The summed E-state index contributed by atoms with van der Waals surface area (Å²) in [5.74, 6) is 2.27. The molecule has 1 unspecified atom stereocenters. The third-order valence-corrected chi connectivity index (χ3v) is 5.12. The fraction of sp³-hybridized carbons (Fsp3) is 0.368. The first-order valence-electron chi connectivity index (χ1n) is 7.57. The van der Waals surface area contributed by atoms with Gasteiger partial charge in [0.1, 0.15) is 0 Å². The molecule has 1 aliphatic rings. The van der Waals surface area contributed by atoms with Gasteiger partial charge in [0.05, 0.1) is 6.04 Å². The zero-order valence-corrected chi connectivity index (χ0v) is 13.8. The van der Waals surface area contributed by atoms with Crippen molar-refractivity contribution in [2.45, 2.75) is 38.0 Å². The molecule has 0 radical (unpaired) electrons. The SMILES string of the molecule is CC(C)(C)c1ccccc1NC1CSCc2ccccc21. The molecule has 0 saturated carbocycles. The Hall–Kier alpha value is -1.41. The van der Waals surface area contributed by atoms with Crippen LogP contribution < -0.4 is 5.32 Å². The van der Waals surface area contributed by atoms with Crippen molar-refractivity contribution < 1.29 is 0 Å². The van der Waals surface area contributed by atoms with E-state index in [9.17, 15) is 0 Å². The number of nitrogens with one attached hydrogen (secondary N) is 1. The molecule has 1 heterocycles. The number of hydrogen-bond acceptors (Lipinski definition) is 2. The largest absolute Gasteiger partial charge is 0.377 e. The zero-order chi connectivity index (χ0) is 14.9. The van der Waals surface area contributed by atoms with Gasteiger partial charge in [0.15, 0.2) is 0 Å². The van der Waals surface area contributed by atoms with Gasteiger partial charge in [-0.1, -0.05) is 63.2 Å². The monoisotopic (exact) mass is 297 g/mol. The van der Waals surface area contributed by atoms with Crippen LogP contribution in [0.25, 0.3) is 0 Å². The molecule has 110 valence electrons. The third-order valence-electron chi connectivity index (χ3n) is 4.04. The van der Waals surface area contributed by atoms with Crippen LogP contribution in [0.3, 0.4) is 0 Å². The molecule has 1 atom stereocenters. The Labute approximate surface area is 132 Å². The van der Waals surface area contributed by atoms with Crippen LogP contribution in [0.2, 0.25) is 0 Å². The molecule has 0 spiro atoms. The van der Waals surface area contributed by atoms with E-state index >= 15 is 0 Å². The molecular weight excluding hydrogens is 274 g/mol. The highest BCUT2D eigenvalue weighted by molar-refractivity contribution is 7.98. The Bertz CT molecular complexity index is 627. The Kier molecular flexibility index (Phi) is 3.99. The van der Waals surface area contributed by atoms with Crippen molar-refractivity contribution >= 4 is 17.4 Å². The van der Waals surface area contributed by atoms with E-state index < -0.39 is 0 Å². The van der Waals surface area contributed by atoms with Gasteiger partial charge in [0.2, 0.25) is 0 Å². The van der Waals surface area contributed by atoms with Crippen molar-refractivity contribution in [3.63, 3.8) is 0 Å². The Morgan fingerprint density at radius 3 is 2.52 bits per heavy atom. The topological polar surface area (TPSA) is 12.0 Å². The number of thioether (sulfide) groups is 1. The fourth-order valence-electron chi connectivity index (χ4n) is 2.95. The van der Waals surface area contributed by atoms with E-state index in [0.717, 1.165) is 11.5 Å². The van der Waals surface area contributed by atoms with Gasteiger partial charge in [-0.3, -0.25) is 0 Å². The van der Waals surface area contributed by atoms with E-state index in [1.165, 1.54) is 22.4 Å². The molecule has 0 aliphatic carbocycles. The summed E-state index contributed by atoms with van der Waals surface area (Å²) in [4.78, 5) is 0. The standard InChI is InChI=1S/C19H23NS/c1-19(2,3)16-10-6-7-11-17(16)20-18-13-21-12-14-8-4-5-9-15(14)18/h4-11,18,20H,12-13H2,1-3H3. The van der Waals surface area contributed by atoms with E-state index in [0.29, 0.717) is 6.04 Å². The predicted molar refractivity (Wildman–Crippen MR) is 94.1 cm³/mol. The van der Waals surface area contributed by atoms with Crippen LogP contribution in [-0.4, -0.2) is 5.75 Å². The number of hydrogen-bond donors (Lipinski definition) is 1. The Morgan fingerprint density at radius 1 is 1.00 bits per heavy atom. The molecule has 2 aromatic rings. The summed E-state index contributed by atoms with van der Waals surface area (Å²) in [6, 6.07) is 17.9. The van der Waals surface area contributed by atoms with Gasteiger partial charge in [0, 0.05) is 17.2 Å². The highest BCUT2D eigenvalue weighted by Crippen LogP contribution is 2.36. The van der Waals surface area contributed by atoms with Crippen molar-refractivity contribution in [3.05, 3.63) is 65.2 Å². The minimum Gasteiger partial charge on any atom is -0.377 e. The molecule has 2 heteroatoms. The fourth-order valence-corrected chi connectivity index (χ4v) is 4.05. The van der Waals surface area contributed by atoms with Gasteiger partial charge in [-0.25, -0.2) is 0 Å². The second-order valence-corrected chi connectivity index (χ2v) is 7.74. The summed E-state index contributed by atoms with van der Waals surface area (Å²) in [6.45, 7) is 6.82. The van der Waals surface area contributed by atoms with Gasteiger partial charge in [-0.2, -0.15) is 11.8 Å². The van der Waals surface area contributed by atoms with E-state index in [4.69, 9.17) is 0 Å². The molecule has 0 saturated heterocycles. The molecule has 0 fully saturated rings. The van der Waals surface area contributed by atoms with Crippen LogP contribution in [0.15, 0.2) is 48.5 Å². The first-order chi connectivity index (χ1) is 10.1. The Balaban J connectivity index is 1.92. The number of anilines is 1. The summed E-state index contributed by atoms with van der Waals surface area (Å²) < 4.78 is 0. The number of benzene rings is 2. The van der Waals surface area contributed by atoms with Crippen LogP contribution in [0, 0.1) is 0 Å². The Morgan fingerprint density at radius 2 is 1.71 bits per heavy atom. The minimum absolute atomic E-state index is 0.158. The lowest BCUT2D eigenvalue weighted by Gasteiger charge is -2.30. The molecule has 2 aromatic carbocycles. The van der Waals surface area contributed by atoms with E-state index in [-0.39, 0.29) is 5.41 Å². The van der Waals surface area contributed by atoms with Crippen LogP contribution in [0.4, 0.5) is 5.69 Å². The second kappa shape index (κ2) is 5.76. The molecule has 0 amide bonds. The lowest BCUT2D eigenvalue weighted by atomic mass is 9.85. The third kappa shape index (κ3) is 3.11. The summed E-state index contributed by atoms with van der Waals surface area (Å²) in [6.07, 6.45) is 0. The van der Waals surface area contributed by atoms with Gasteiger partial charge >= 0.3 is 0 Å². The number of rotatable bonds is 2.